The van der Waals surface area contributed by atoms with E-state index in [-0.39, 0.29) is 10.8 Å². The molecule has 2 aromatic carbocycles. The zero-order valence-corrected chi connectivity index (χ0v) is 24.6. The lowest BCUT2D eigenvalue weighted by Crippen LogP contribution is -2.32. The van der Waals surface area contributed by atoms with Gasteiger partial charge in [-0.25, -0.2) is 0 Å². The highest BCUT2D eigenvalue weighted by Gasteiger charge is 2.49. The molecule has 1 fully saturated rings. The lowest BCUT2D eigenvalue weighted by Gasteiger charge is -2.29. The monoisotopic (exact) mass is 519 g/mol. The van der Waals surface area contributed by atoms with E-state index in [2.05, 4.69) is 128 Å². The van der Waals surface area contributed by atoms with E-state index in [0.29, 0.717) is 0 Å². The SMILES string of the molecule is CCCN1CCC(C)(Cc2ccccc2)/C1=C\C=C\C1=[N+](CCC)C2=C(CCC=C2)C1(C)Cc1ccccc1. The molecule has 0 aromatic heterocycles. The van der Waals surface area contributed by atoms with Crippen LogP contribution in [0.15, 0.2) is 108 Å². The number of hydrogen-bond donors (Lipinski definition) is 0. The highest BCUT2D eigenvalue weighted by molar-refractivity contribution is 6.00. The summed E-state index contributed by atoms with van der Waals surface area (Å²) in [6.07, 6.45) is 20.1. The molecule has 2 aliphatic heterocycles. The van der Waals surface area contributed by atoms with Crippen molar-refractivity contribution < 1.29 is 4.58 Å². The minimum Gasteiger partial charge on any atom is -0.374 e. The standard InChI is InChI=1S/C37H47N2/c1-5-25-38-27-24-36(3,28-30-16-9-7-10-17-30)34(38)22-15-23-35-37(4,29-31-18-11-8-12-19-31)32-20-13-14-21-33(32)39(35)26-6-2/h7-12,14-19,21-23H,5-6,13,20,24-29H2,1-4H3/q+1. The van der Waals surface area contributed by atoms with Gasteiger partial charge in [0, 0.05) is 48.3 Å². The summed E-state index contributed by atoms with van der Waals surface area (Å²) in [5.74, 6) is 0. The Morgan fingerprint density at radius 1 is 0.897 bits per heavy atom. The van der Waals surface area contributed by atoms with Crippen molar-refractivity contribution in [1.29, 1.82) is 0 Å². The molecule has 0 radical (unpaired) electrons. The molecule has 2 heterocycles. The molecule has 3 aliphatic rings. The van der Waals surface area contributed by atoms with Crippen molar-refractivity contribution in [2.24, 2.45) is 10.8 Å². The van der Waals surface area contributed by atoms with E-state index in [0.717, 1.165) is 51.7 Å². The van der Waals surface area contributed by atoms with Crippen LogP contribution in [0.5, 0.6) is 0 Å². The number of rotatable bonds is 10. The third-order valence-electron chi connectivity index (χ3n) is 9.14. The van der Waals surface area contributed by atoms with Gasteiger partial charge in [0.25, 0.3) is 0 Å². The summed E-state index contributed by atoms with van der Waals surface area (Å²) < 4.78 is 2.63. The van der Waals surface area contributed by atoms with Gasteiger partial charge in [0.1, 0.15) is 6.54 Å². The van der Waals surface area contributed by atoms with Crippen LogP contribution >= 0.6 is 0 Å². The van der Waals surface area contributed by atoms with E-state index in [1.54, 1.807) is 5.57 Å². The number of nitrogens with zero attached hydrogens (tertiary/aromatic N) is 2. The summed E-state index contributed by atoms with van der Waals surface area (Å²) >= 11 is 0. The molecule has 0 N–H and O–H groups in total. The summed E-state index contributed by atoms with van der Waals surface area (Å²) in [4.78, 5) is 2.64. The van der Waals surface area contributed by atoms with E-state index in [1.807, 2.05) is 0 Å². The fourth-order valence-electron chi connectivity index (χ4n) is 7.26. The van der Waals surface area contributed by atoms with Gasteiger partial charge in [-0.1, -0.05) is 93.6 Å². The van der Waals surface area contributed by atoms with Crippen LogP contribution in [-0.2, 0) is 12.8 Å². The Morgan fingerprint density at radius 2 is 1.59 bits per heavy atom. The summed E-state index contributed by atoms with van der Waals surface area (Å²) in [6.45, 7) is 12.9. The predicted molar refractivity (Wildman–Crippen MR) is 166 cm³/mol. The zero-order valence-electron chi connectivity index (χ0n) is 24.6. The summed E-state index contributed by atoms with van der Waals surface area (Å²) in [7, 11) is 0. The first kappa shape index (κ1) is 27.4. The Balaban J connectivity index is 1.52. The summed E-state index contributed by atoms with van der Waals surface area (Å²) in [6, 6.07) is 22.1. The van der Waals surface area contributed by atoms with Gasteiger partial charge in [-0.2, -0.15) is 4.58 Å². The molecule has 2 nitrogen and oxygen atoms in total. The Bertz CT molecular complexity index is 1290. The predicted octanol–water partition coefficient (Wildman–Crippen LogP) is 8.52. The maximum Gasteiger partial charge on any atom is 0.205 e. The average molecular weight is 520 g/mol. The van der Waals surface area contributed by atoms with Crippen molar-refractivity contribution in [2.75, 3.05) is 19.6 Å². The van der Waals surface area contributed by atoms with Crippen LogP contribution in [0, 0.1) is 10.8 Å². The molecule has 0 amide bonds. The lowest BCUT2D eigenvalue weighted by atomic mass is 9.71. The molecule has 0 bridgehead atoms. The van der Waals surface area contributed by atoms with Crippen molar-refractivity contribution in [3.05, 3.63) is 119 Å². The topological polar surface area (TPSA) is 6.25 Å². The van der Waals surface area contributed by atoms with Gasteiger partial charge >= 0.3 is 0 Å². The van der Waals surface area contributed by atoms with Crippen LogP contribution in [0.2, 0.25) is 0 Å². The van der Waals surface area contributed by atoms with Gasteiger partial charge in [-0.3, -0.25) is 0 Å². The summed E-state index contributed by atoms with van der Waals surface area (Å²) in [5.41, 5.74) is 9.08. The fourth-order valence-corrected chi connectivity index (χ4v) is 7.26. The molecule has 0 spiro atoms. The van der Waals surface area contributed by atoms with Crippen molar-refractivity contribution in [2.45, 2.75) is 72.6 Å². The molecule has 2 atom stereocenters. The van der Waals surface area contributed by atoms with Crippen LogP contribution in [0.1, 0.15) is 70.9 Å². The van der Waals surface area contributed by atoms with E-state index < -0.39 is 0 Å². The molecule has 2 unspecified atom stereocenters. The molecule has 204 valence electrons. The minimum absolute atomic E-state index is 0.0117. The highest BCUT2D eigenvalue weighted by Crippen LogP contribution is 2.46. The fraction of sp³-hybridized carbons (Fsp3) is 0.432. The molecular formula is C37H47N2+. The Kier molecular flexibility index (Phi) is 8.40. The molecule has 0 saturated carbocycles. The first-order chi connectivity index (χ1) is 19.0. The second-order valence-electron chi connectivity index (χ2n) is 12.2. The van der Waals surface area contributed by atoms with Crippen molar-refractivity contribution in [3.8, 4) is 0 Å². The van der Waals surface area contributed by atoms with E-state index in [9.17, 15) is 0 Å². The zero-order chi connectivity index (χ0) is 27.3. The van der Waals surface area contributed by atoms with Gasteiger partial charge < -0.3 is 4.90 Å². The van der Waals surface area contributed by atoms with Crippen LogP contribution in [0.4, 0.5) is 0 Å². The Morgan fingerprint density at radius 3 is 2.26 bits per heavy atom. The van der Waals surface area contributed by atoms with Gasteiger partial charge in [0.05, 0.1) is 5.41 Å². The highest BCUT2D eigenvalue weighted by atomic mass is 15.2. The van der Waals surface area contributed by atoms with E-state index >= 15 is 0 Å². The number of hydrogen-bond acceptors (Lipinski definition) is 1. The first-order valence-corrected chi connectivity index (χ1v) is 15.3. The van der Waals surface area contributed by atoms with Crippen molar-refractivity contribution in [3.63, 3.8) is 0 Å². The van der Waals surface area contributed by atoms with Crippen LogP contribution in [0.3, 0.4) is 0 Å². The minimum atomic E-state index is 0.0117. The Hall–Kier alpha value is -3.13. The molecule has 1 aliphatic carbocycles. The van der Waals surface area contributed by atoms with Crippen LogP contribution in [0.25, 0.3) is 0 Å². The molecule has 2 heteroatoms. The van der Waals surface area contributed by atoms with Crippen molar-refractivity contribution in [1.82, 2.24) is 4.90 Å². The quantitative estimate of drug-likeness (QED) is 0.285. The third kappa shape index (κ3) is 5.62. The van der Waals surface area contributed by atoms with Gasteiger partial charge in [-0.15, -0.1) is 0 Å². The Labute approximate surface area is 237 Å². The largest absolute Gasteiger partial charge is 0.374 e. The maximum absolute atomic E-state index is 2.64. The molecular weight excluding hydrogens is 472 g/mol. The molecule has 39 heavy (non-hydrogen) atoms. The smallest absolute Gasteiger partial charge is 0.205 e. The van der Waals surface area contributed by atoms with Crippen LogP contribution in [-0.4, -0.2) is 34.8 Å². The molecule has 5 rings (SSSR count). The lowest BCUT2D eigenvalue weighted by molar-refractivity contribution is -0.469. The van der Waals surface area contributed by atoms with E-state index in [4.69, 9.17) is 0 Å². The summed E-state index contributed by atoms with van der Waals surface area (Å²) in [5, 5.41) is 0. The second-order valence-corrected chi connectivity index (χ2v) is 12.2. The van der Waals surface area contributed by atoms with Crippen LogP contribution < -0.4 is 0 Å². The number of allylic oxidation sites excluding steroid dienone is 7. The number of likely N-dealkylation sites (tertiary alicyclic amines) is 1. The maximum atomic E-state index is 2.64. The van der Waals surface area contributed by atoms with Gasteiger partial charge in [0.2, 0.25) is 5.70 Å². The average Bonchev–Trinajstić information content (AvgIpc) is 3.37. The van der Waals surface area contributed by atoms with Gasteiger partial charge in [0.15, 0.2) is 5.71 Å². The molecule has 2 aromatic rings. The number of benzene rings is 2. The van der Waals surface area contributed by atoms with E-state index in [1.165, 1.54) is 41.1 Å². The first-order valence-electron chi connectivity index (χ1n) is 15.3. The van der Waals surface area contributed by atoms with Crippen molar-refractivity contribution >= 4 is 5.71 Å². The third-order valence-corrected chi connectivity index (χ3v) is 9.14. The molecule has 1 saturated heterocycles. The van der Waals surface area contributed by atoms with Gasteiger partial charge in [-0.05, 0) is 62.7 Å². The normalized spacial score (nSPS) is 25.9. The second kappa shape index (κ2) is 11.9.